The van der Waals surface area contributed by atoms with Crippen LogP contribution in [0.4, 0.5) is 4.79 Å². The number of rotatable bonds is 6. The lowest BCUT2D eigenvalue weighted by Crippen LogP contribution is -2.41. The van der Waals surface area contributed by atoms with Gasteiger partial charge in [0, 0.05) is 5.25 Å². The maximum absolute atomic E-state index is 11.6. The molecule has 1 amide bonds. The van der Waals surface area contributed by atoms with Crippen LogP contribution in [0.1, 0.15) is 26.7 Å². The molecule has 0 spiro atoms. The van der Waals surface area contributed by atoms with Crippen molar-refractivity contribution in [3.05, 3.63) is 0 Å². The number of carbonyl (C=O) groups excluding carboxylic acids is 1. The highest BCUT2D eigenvalue weighted by Gasteiger charge is 2.38. The molecule has 1 aliphatic rings. The highest BCUT2D eigenvalue weighted by Crippen LogP contribution is 2.25. The fourth-order valence-corrected chi connectivity index (χ4v) is 5.83. The molecule has 0 unspecified atom stereocenters. The van der Waals surface area contributed by atoms with Crippen LogP contribution in [0.2, 0.25) is 0 Å². The summed E-state index contributed by atoms with van der Waals surface area (Å²) in [4.78, 5) is 11.3. The number of sulfone groups is 1. The van der Waals surface area contributed by atoms with Gasteiger partial charge in [-0.15, -0.1) is 0 Å². The molecule has 7 heteroatoms. The first-order valence-corrected chi connectivity index (χ1v) is 9.10. The molecule has 1 heterocycles. The van der Waals surface area contributed by atoms with E-state index in [0.29, 0.717) is 6.61 Å². The Labute approximate surface area is 113 Å². The summed E-state index contributed by atoms with van der Waals surface area (Å²) in [6.07, 6.45) is 1.62. The summed E-state index contributed by atoms with van der Waals surface area (Å²) < 4.78 is 28.0. The predicted octanol–water partition coefficient (Wildman–Crippen LogP) is 1.43. The molecule has 0 aromatic carbocycles. The number of unbranched alkanes of at least 4 members (excludes halogenated alkanes) is 1. The maximum Gasteiger partial charge on any atom is 0.407 e. The summed E-state index contributed by atoms with van der Waals surface area (Å²) in [6, 6.07) is -0.323. The van der Waals surface area contributed by atoms with Gasteiger partial charge in [-0.05, 0) is 19.1 Å². The molecule has 0 bridgehead atoms. The van der Waals surface area contributed by atoms with Crippen molar-refractivity contribution in [3.8, 4) is 0 Å². The molecular formula is C11H21NO4S2. The van der Waals surface area contributed by atoms with Crippen LogP contribution in [0.3, 0.4) is 0 Å². The minimum absolute atomic E-state index is 0.0234. The van der Waals surface area contributed by atoms with Crippen molar-refractivity contribution >= 4 is 27.7 Å². The van der Waals surface area contributed by atoms with E-state index >= 15 is 0 Å². The lowest BCUT2D eigenvalue weighted by Gasteiger charge is -2.18. The predicted molar refractivity (Wildman–Crippen MR) is 73.8 cm³/mol. The Hall–Kier alpha value is -0.430. The molecule has 0 aromatic rings. The molecule has 1 saturated heterocycles. The lowest BCUT2D eigenvalue weighted by molar-refractivity contribution is 0.149. The highest BCUT2D eigenvalue weighted by atomic mass is 32.2. The van der Waals surface area contributed by atoms with Crippen LogP contribution in [0.5, 0.6) is 0 Å². The molecule has 5 nitrogen and oxygen atoms in total. The monoisotopic (exact) mass is 295 g/mol. The molecule has 1 fully saturated rings. The number of amides is 1. The number of hydrogen-bond acceptors (Lipinski definition) is 5. The van der Waals surface area contributed by atoms with Gasteiger partial charge in [0.05, 0.1) is 24.2 Å². The van der Waals surface area contributed by atoms with Crippen molar-refractivity contribution in [3.63, 3.8) is 0 Å². The first-order chi connectivity index (χ1) is 8.48. The van der Waals surface area contributed by atoms with Crippen LogP contribution in [0.15, 0.2) is 0 Å². The van der Waals surface area contributed by atoms with Gasteiger partial charge >= 0.3 is 6.09 Å². The number of nitrogens with one attached hydrogen (secondary N) is 1. The third kappa shape index (κ3) is 5.06. The lowest BCUT2D eigenvalue weighted by atomic mass is 10.2. The van der Waals surface area contributed by atoms with Crippen LogP contribution < -0.4 is 5.32 Å². The molecule has 0 aromatic heterocycles. The average Bonchev–Trinajstić information content (AvgIpc) is 2.54. The average molecular weight is 295 g/mol. The van der Waals surface area contributed by atoms with Crippen LogP contribution in [0.25, 0.3) is 0 Å². The number of thioether (sulfide) groups is 1. The van der Waals surface area contributed by atoms with Crippen LogP contribution in [0, 0.1) is 0 Å². The fourth-order valence-electron chi connectivity index (χ4n) is 1.82. The molecule has 1 N–H and O–H groups in total. The number of carbonyl (C=O) groups is 1. The van der Waals surface area contributed by atoms with E-state index in [9.17, 15) is 13.2 Å². The van der Waals surface area contributed by atoms with Gasteiger partial charge in [-0.1, -0.05) is 13.3 Å². The minimum Gasteiger partial charge on any atom is -0.450 e. The zero-order valence-electron chi connectivity index (χ0n) is 10.8. The molecule has 2 atom stereocenters. The summed E-state index contributed by atoms with van der Waals surface area (Å²) in [5, 5.41) is 2.60. The molecule has 1 aliphatic heterocycles. The van der Waals surface area contributed by atoms with Gasteiger partial charge in [0.2, 0.25) is 0 Å². The molecule has 1 rings (SSSR count). The Morgan fingerprint density at radius 3 is 2.72 bits per heavy atom. The zero-order chi connectivity index (χ0) is 13.6. The Morgan fingerprint density at radius 1 is 1.39 bits per heavy atom. The van der Waals surface area contributed by atoms with E-state index < -0.39 is 15.9 Å². The number of hydrogen-bond donors (Lipinski definition) is 1. The third-order valence-corrected chi connectivity index (χ3v) is 6.10. The van der Waals surface area contributed by atoms with Gasteiger partial charge < -0.3 is 10.1 Å². The number of ether oxygens (including phenoxy) is 1. The van der Waals surface area contributed by atoms with Gasteiger partial charge in [0.25, 0.3) is 0 Å². The molecule has 0 aliphatic carbocycles. The largest absolute Gasteiger partial charge is 0.450 e. The molecule has 18 heavy (non-hydrogen) atoms. The highest BCUT2D eigenvalue weighted by molar-refractivity contribution is 8.01. The van der Waals surface area contributed by atoms with E-state index in [1.165, 1.54) is 0 Å². The van der Waals surface area contributed by atoms with Crippen molar-refractivity contribution < 1.29 is 17.9 Å². The van der Waals surface area contributed by atoms with E-state index in [2.05, 4.69) is 12.2 Å². The van der Waals surface area contributed by atoms with Crippen molar-refractivity contribution in [2.45, 2.75) is 38.0 Å². The fraction of sp³-hybridized carbons (Fsp3) is 0.909. The van der Waals surface area contributed by atoms with Crippen LogP contribution in [-0.2, 0) is 14.6 Å². The van der Waals surface area contributed by atoms with Gasteiger partial charge in [-0.25, -0.2) is 13.2 Å². The van der Waals surface area contributed by atoms with E-state index in [1.807, 2.05) is 0 Å². The second kappa shape index (κ2) is 7.23. The zero-order valence-corrected chi connectivity index (χ0v) is 12.5. The summed E-state index contributed by atoms with van der Waals surface area (Å²) in [6.45, 7) is 4.11. The van der Waals surface area contributed by atoms with E-state index in [1.54, 1.807) is 18.7 Å². The third-order valence-electron chi connectivity index (χ3n) is 2.71. The van der Waals surface area contributed by atoms with Gasteiger partial charge in [-0.2, -0.15) is 11.8 Å². The molecular weight excluding hydrogens is 274 g/mol. The quantitative estimate of drug-likeness (QED) is 0.751. The molecule has 0 saturated carbocycles. The first-order valence-electron chi connectivity index (χ1n) is 6.23. The summed E-state index contributed by atoms with van der Waals surface area (Å²) in [5.74, 6) is 1.10. The maximum atomic E-state index is 11.6. The smallest absolute Gasteiger partial charge is 0.407 e. The Morgan fingerprint density at radius 2 is 2.11 bits per heavy atom. The second-order valence-electron chi connectivity index (χ2n) is 4.31. The van der Waals surface area contributed by atoms with Crippen LogP contribution in [-0.4, -0.2) is 49.7 Å². The summed E-state index contributed by atoms with van der Waals surface area (Å²) >= 11 is 1.63. The SMILES string of the molecule is CCCCS[C@H]1CS(=O)(=O)C[C@@H]1NC(=O)OCC. The van der Waals surface area contributed by atoms with E-state index in [-0.39, 0.29) is 22.8 Å². The Bertz CT molecular complexity index is 369. The normalized spacial score (nSPS) is 25.9. The van der Waals surface area contributed by atoms with Crippen molar-refractivity contribution in [1.29, 1.82) is 0 Å². The van der Waals surface area contributed by atoms with Gasteiger partial charge in [-0.3, -0.25) is 0 Å². The Balaban J connectivity index is 2.53. The number of alkyl carbamates (subject to hydrolysis) is 1. The summed E-state index contributed by atoms with van der Waals surface area (Å²) in [5.41, 5.74) is 0. The second-order valence-corrected chi connectivity index (χ2v) is 7.81. The van der Waals surface area contributed by atoms with Crippen LogP contribution >= 0.6 is 11.8 Å². The minimum atomic E-state index is -3.03. The van der Waals surface area contributed by atoms with Gasteiger partial charge in [0.15, 0.2) is 9.84 Å². The first kappa shape index (κ1) is 15.6. The topological polar surface area (TPSA) is 72.5 Å². The Kier molecular flexibility index (Phi) is 6.28. The van der Waals surface area contributed by atoms with Crippen molar-refractivity contribution in [2.24, 2.45) is 0 Å². The summed E-state index contributed by atoms with van der Waals surface area (Å²) in [7, 11) is -3.03. The van der Waals surface area contributed by atoms with Crippen molar-refractivity contribution in [1.82, 2.24) is 5.32 Å². The van der Waals surface area contributed by atoms with E-state index in [0.717, 1.165) is 18.6 Å². The van der Waals surface area contributed by atoms with Crippen molar-refractivity contribution in [2.75, 3.05) is 23.9 Å². The standard InChI is InChI=1S/C11H21NO4S2/c1-3-5-6-17-10-8-18(14,15)7-9(10)12-11(13)16-4-2/h9-10H,3-8H2,1-2H3,(H,12,13)/t9-,10-/m0/s1. The molecule has 0 radical (unpaired) electrons. The molecule has 106 valence electrons. The van der Waals surface area contributed by atoms with Gasteiger partial charge in [0.1, 0.15) is 0 Å². The van der Waals surface area contributed by atoms with E-state index in [4.69, 9.17) is 4.74 Å².